The predicted octanol–water partition coefficient (Wildman–Crippen LogP) is 3.45. The number of aryl methyl sites for hydroxylation is 2. The summed E-state index contributed by atoms with van der Waals surface area (Å²) in [7, 11) is 0. The molecule has 2 unspecified atom stereocenters. The fraction of sp³-hybridized carbons (Fsp3) is 0.542. The van der Waals surface area contributed by atoms with E-state index < -0.39 is 29.4 Å². The van der Waals surface area contributed by atoms with Crippen molar-refractivity contribution < 1.29 is 18.4 Å². The highest BCUT2D eigenvalue weighted by molar-refractivity contribution is 5.96. The Hall–Kier alpha value is -2.77. The number of rotatable bonds is 3. The van der Waals surface area contributed by atoms with Gasteiger partial charge in [-0.2, -0.15) is 0 Å². The van der Waals surface area contributed by atoms with Gasteiger partial charge < -0.3 is 14.7 Å². The second kappa shape index (κ2) is 8.64. The molecule has 0 radical (unpaired) electrons. The summed E-state index contributed by atoms with van der Waals surface area (Å²) < 4.78 is 30.4. The van der Waals surface area contributed by atoms with Gasteiger partial charge in [0.2, 0.25) is 5.91 Å². The van der Waals surface area contributed by atoms with Gasteiger partial charge in [0.05, 0.1) is 5.57 Å². The largest absolute Gasteiger partial charge is 0.353 e. The van der Waals surface area contributed by atoms with Gasteiger partial charge in [0.25, 0.3) is 5.91 Å². The first-order valence-electron chi connectivity index (χ1n) is 11.2. The Bertz CT molecular complexity index is 998. The van der Waals surface area contributed by atoms with Crippen molar-refractivity contribution in [3.8, 4) is 0 Å². The molecule has 0 N–H and O–H groups in total. The molecule has 0 bridgehead atoms. The van der Waals surface area contributed by atoms with Crippen LogP contribution in [-0.4, -0.2) is 65.0 Å². The zero-order valence-corrected chi connectivity index (χ0v) is 19.1. The highest BCUT2D eigenvalue weighted by Crippen LogP contribution is 2.38. The van der Waals surface area contributed by atoms with Gasteiger partial charge in [-0.1, -0.05) is 13.0 Å². The zero-order valence-electron chi connectivity index (χ0n) is 19.1. The molecule has 3 atom stereocenters. The van der Waals surface area contributed by atoms with Crippen LogP contribution in [0.3, 0.4) is 0 Å². The van der Waals surface area contributed by atoms with Gasteiger partial charge in [-0.05, 0) is 44.4 Å². The number of allylic oxidation sites excluding steroid dienone is 3. The molecule has 1 aromatic heterocycles. The number of aromatic nitrogens is 1. The molecular weight excluding hydrogens is 414 g/mol. The summed E-state index contributed by atoms with van der Waals surface area (Å²) in [5, 5.41) is 0. The number of hydrogen-bond donors (Lipinski definition) is 0. The van der Waals surface area contributed by atoms with Gasteiger partial charge in [-0.25, -0.2) is 13.8 Å². The normalized spacial score (nSPS) is 26.7. The molecule has 1 aromatic rings. The lowest BCUT2D eigenvalue weighted by Crippen LogP contribution is -2.51. The lowest BCUT2D eigenvalue weighted by Gasteiger charge is -2.38. The highest BCUT2D eigenvalue weighted by Gasteiger charge is 2.42. The number of halogens is 2. The van der Waals surface area contributed by atoms with Gasteiger partial charge in [0.1, 0.15) is 17.8 Å². The Balaban J connectivity index is 1.50. The van der Waals surface area contributed by atoms with Crippen LogP contribution in [0.4, 0.5) is 14.6 Å². The molecule has 4 rings (SSSR count). The van der Waals surface area contributed by atoms with Crippen LogP contribution in [0.1, 0.15) is 37.8 Å². The second-order valence-corrected chi connectivity index (χ2v) is 9.11. The van der Waals surface area contributed by atoms with Gasteiger partial charge in [-0.15, -0.1) is 0 Å². The summed E-state index contributed by atoms with van der Waals surface area (Å²) in [6.07, 6.45) is 2.24. The molecule has 2 fully saturated rings. The van der Waals surface area contributed by atoms with Crippen LogP contribution in [0.15, 0.2) is 35.4 Å². The van der Waals surface area contributed by atoms with Crippen molar-refractivity contribution >= 4 is 17.6 Å². The number of likely N-dealkylation sites (tertiary alicyclic amines) is 1. The van der Waals surface area contributed by atoms with Crippen molar-refractivity contribution in [2.24, 2.45) is 5.92 Å². The van der Waals surface area contributed by atoms with E-state index in [0.29, 0.717) is 44.7 Å². The number of alkyl halides is 1. The van der Waals surface area contributed by atoms with Crippen LogP contribution in [-0.2, 0) is 9.59 Å². The minimum absolute atomic E-state index is 0.0969. The predicted molar refractivity (Wildman–Crippen MR) is 118 cm³/mol. The Labute approximate surface area is 187 Å². The van der Waals surface area contributed by atoms with E-state index >= 15 is 8.78 Å². The molecule has 6 nitrogen and oxygen atoms in total. The molecule has 2 aliphatic heterocycles. The second-order valence-electron chi connectivity index (χ2n) is 9.11. The Morgan fingerprint density at radius 1 is 1.16 bits per heavy atom. The van der Waals surface area contributed by atoms with Crippen LogP contribution in [0.25, 0.3) is 0 Å². The summed E-state index contributed by atoms with van der Waals surface area (Å²) >= 11 is 0. The van der Waals surface area contributed by atoms with Gasteiger partial charge >= 0.3 is 0 Å². The first-order valence-corrected chi connectivity index (χ1v) is 11.2. The molecule has 0 saturated carbocycles. The first-order chi connectivity index (χ1) is 15.2. The number of carbonyl (C=O) groups is 2. The van der Waals surface area contributed by atoms with E-state index in [-0.39, 0.29) is 11.9 Å². The van der Waals surface area contributed by atoms with Crippen LogP contribution in [0, 0.1) is 19.8 Å². The zero-order chi connectivity index (χ0) is 23.2. The number of pyridine rings is 1. The maximum Gasteiger partial charge on any atom is 0.255 e. The van der Waals surface area contributed by atoms with Crippen molar-refractivity contribution in [1.82, 2.24) is 14.8 Å². The summed E-state index contributed by atoms with van der Waals surface area (Å²) in [4.78, 5) is 34.9. The average Bonchev–Trinajstić information content (AvgIpc) is 3.09. The molecule has 1 aliphatic carbocycles. The van der Waals surface area contributed by atoms with Crippen LogP contribution in [0.2, 0.25) is 0 Å². The van der Waals surface area contributed by atoms with E-state index in [1.54, 1.807) is 6.92 Å². The Kier molecular flexibility index (Phi) is 6.05. The standard InChI is InChI=1S/C24H30F2N4O2/c1-14-11-15(2)23(27-13-14)28-7-9-29(10-8-28)24(32)21-18(25)12-19(17(4)22(21)26)30-16(3)5-6-20(30)31/h11-13,16-17,22H,5-10H2,1-4H3/t16-,17?,22?/m1/s1. The van der Waals surface area contributed by atoms with E-state index in [1.807, 2.05) is 27.0 Å². The molecule has 0 aromatic carbocycles. The quantitative estimate of drug-likeness (QED) is 0.717. The molecule has 3 heterocycles. The molecule has 0 spiro atoms. The number of piperazine rings is 1. The van der Waals surface area contributed by atoms with Gasteiger partial charge in [-0.3, -0.25) is 9.59 Å². The first kappa shape index (κ1) is 22.4. The third-order valence-corrected chi connectivity index (χ3v) is 6.76. The maximum atomic E-state index is 15.3. The molecular formula is C24H30F2N4O2. The number of carbonyl (C=O) groups excluding carboxylic acids is 2. The smallest absolute Gasteiger partial charge is 0.255 e. The molecule has 32 heavy (non-hydrogen) atoms. The summed E-state index contributed by atoms with van der Waals surface area (Å²) in [6.45, 7) is 9.29. The lowest BCUT2D eigenvalue weighted by molar-refractivity contribution is -0.128. The van der Waals surface area contributed by atoms with Gasteiger partial charge in [0, 0.05) is 56.5 Å². The van der Waals surface area contributed by atoms with E-state index in [9.17, 15) is 9.59 Å². The highest BCUT2D eigenvalue weighted by atomic mass is 19.1. The van der Waals surface area contributed by atoms with Gasteiger partial charge in [0.15, 0.2) is 0 Å². The van der Waals surface area contributed by atoms with E-state index in [2.05, 4.69) is 16.0 Å². The number of amides is 2. The number of anilines is 1. The van der Waals surface area contributed by atoms with E-state index in [1.165, 1.54) is 15.9 Å². The summed E-state index contributed by atoms with van der Waals surface area (Å²) in [5.41, 5.74) is 2.04. The summed E-state index contributed by atoms with van der Waals surface area (Å²) in [6, 6.07) is 1.97. The molecule has 2 amide bonds. The lowest BCUT2D eigenvalue weighted by atomic mass is 9.88. The Morgan fingerprint density at radius 3 is 2.44 bits per heavy atom. The number of hydrogen-bond acceptors (Lipinski definition) is 4. The van der Waals surface area contributed by atoms with Crippen LogP contribution >= 0.6 is 0 Å². The van der Waals surface area contributed by atoms with E-state index in [0.717, 1.165) is 16.9 Å². The van der Waals surface area contributed by atoms with Crippen molar-refractivity contribution in [1.29, 1.82) is 0 Å². The Morgan fingerprint density at radius 2 is 1.84 bits per heavy atom. The molecule has 3 aliphatic rings. The topological polar surface area (TPSA) is 56.8 Å². The summed E-state index contributed by atoms with van der Waals surface area (Å²) in [5.74, 6) is -1.49. The van der Waals surface area contributed by atoms with Crippen molar-refractivity contribution in [3.63, 3.8) is 0 Å². The average molecular weight is 445 g/mol. The third-order valence-electron chi connectivity index (χ3n) is 6.76. The minimum atomic E-state index is -1.79. The third kappa shape index (κ3) is 3.91. The fourth-order valence-corrected chi connectivity index (χ4v) is 4.94. The maximum absolute atomic E-state index is 15.3. The molecule has 2 saturated heterocycles. The molecule has 172 valence electrons. The monoisotopic (exact) mass is 444 g/mol. The SMILES string of the molecule is Cc1cnc(N2CCN(C(=O)C3=C(F)C=C(N4C(=O)CC[C@H]4C)C(C)C3F)CC2)c(C)c1. The van der Waals surface area contributed by atoms with Crippen molar-refractivity contribution in [2.45, 2.75) is 52.8 Å². The minimum Gasteiger partial charge on any atom is -0.353 e. The fourth-order valence-electron chi connectivity index (χ4n) is 4.94. The number of nitrogens with zero attached hydrogens (tertiary/aromatic N) is 4. The van der Waals surface area contributed by atoms with Crippen molar-refractivity contribution in [3.05, 3.63) is 46.6 Å². The van der Waals surface area contributed by atoms with Crippen LogP contribution in [0.5, 0.6) is 0 Å². The van der Waals surface area contributed by atoms with Crippen molar-refractivity contribution in [2.75, 3.05) is 31.1 Å². The van der Waals surface area contributed by atoms with E-state index in [4.69, 9.17) is 0 Å². The molecule has 8 heteroatoms. The van der Waals surface area contributed by atoms with Crippen LogP contribution < -0.4 is 4.90 Å².